The molecule has 0 spiro atoms. The molecule has 21 heavy (non-hydrogen) atoms. The monoisotopic (exact) mass is 301 g/mol. The summed E-state index contributed by atoms with van der Waals surface area (Å²) in [6, 6.07) is 6.85. The molecule has 0 aliphatic heterocycles. The summed E-state index contributed by atoms with van der Waals surface area (Å²) < 4.78 is 5.52. The number of hydrogen-bond acceptors (Lipinski definition) is 4. The number of hydrogen-bond donors (Lipinski definition) is 1. The Kier molecular flexibility index (Phi) is 3.35. The molecule has 0 aliphatic rings. The van der Waals surface area contributed by atoms with Crippen LogP contribution in [-0.4, -0.2) is 15.9 Å². The van der Waals surface area contributed by atoms with Crippen molar-refractivity contribution >= 4 is 34.4 Å². The minimum absolute atomic E-state index is 0.321. The minimum Gasteiger partial charge on any atom is -0.443 e. The van der Waals surface area contributed by atoms with Gasteiger partial charge in [0.1, 0.15) is 17.9 Å². The number of benzene rings is 1. The summed E-state index contributed by atoms with van der Waals surface area (Å²) in [5, 5.41) is 3.86. The average Bonchev–Trinajstić information content (AvgIpc) is 2.75. The second-order valence-corrected chi connectivity index (χ2v) is 5.03. The van der Waals surface area contributed by atoms with Crippen molar-refractivity contribution < 1.29 is 9.21 Å². The zero-order valence-electron chi connectivity index (χ0n) is 11.5. The standard InChI is InChI=1S/C15H12ClN3O2/c1-8-9(2)21-15-12(8)13(17-7-18-15)19-14(20)10-5-3-4-6-11(10)16/h3-7H,1-2H3,(H,17,18,19,20). The van der Waals surface area contributed by atoms with Crippen LogP contribution in [-0.2, 0) is 0 Å². The molecular weight excluding hydrogens is 290 g/mol. The van der Waals surface area contributed by atoms with Crippen LogP contribution < -0.4 is 5.32 Å². The minimum atomic E-state index is -0.321. The van der Waals surface area contributed by atoms with Crippen molar-refractivity contribution in [2.75, 3.05) is 5.32 Å². The van der Waals surface area contributed by atoms with Gasteiger partial charge in [0.05, 0.1) is 16.0 Å². The lowest BCUT2D eigenvalue weighted by molar-refractivity contribution is 0.102. The van der Waals surface area contributed by atoms with Gasteiger partial charge in [-0.1, -0.05) is 23.7 Å². The molecule has 0 radical (unpaired) electrons. The van der Waals surface area contributed by atoms with Gasteiger partial charge in [0.2, 0.25) is 5.71 Å². The second-order valence-electron chi connectivity index (χ2n) is 4.62. The lowest BCUT2D eigenvalue weighted by Crippen LogP contribution is -2.13. The maximum Gasteiger partial charge on any atom is 0.258 e. The van der Waals surface area contributed by atoms with Gasteiger partial charge in [0, 0.05) is 5.56 Å². The van der Waals surface area contributed by atoms with E-state index in [-0.39, 0.29) is 5.91 Å². The van der Waals surface area contributed by atoms with Gasteiger partial charge in [0.15, 0.2) is 0 Å². The third kappa shape index (κ3) is 2.36. The summed E-state index contributed by atoms with van der Waals surface area (Å²) in [7, 11) is 0. The molecule has 106 valence electrons. The fourth-order valence-corrected chi connectivity index (χ4v) is 2.32. The van der Waals surface area contributed by atoms with Crippen LogP contribution in [0.1, 0.15) is 21.7 Å². The molecule has 0 saturated heterocycles. The Morgan fingerprint density at radius 1 is 1.24 bits per heavy atom. The quantitative estimate of drug-likeness (QED) is 0.783. The molecule has 3 rings (SSSR count). The molecule has 3 aromatic rings. The Hall–Kier alpha value is -2.40. The smallest absolute Gasteiger partial charge is 0.258 e. The molecule has 1 N–H and O–H groups in total. The normalized spacial score (nSPS) is 10.8. The average molecular weight is 302 g/mol. The molecular formula is C15H12ClN3O2. The highest BCUT2D eigenvalue weighted by atomic mass is 35.5. The molecule has 0 aliphatic carbocycles. The van der Waals surface area contributed by atoms with E-state index in [1.54, 1.807) is 24.3 Å². The molecule has 0 bridgehead atoms. The highest BCUT2D eigenvalue weighted by molar-refractivity contribution is 6.34. The van der Waals surface area contributed by atoms with Gasteiger partial charge in [-0.05, 0) is 26.0 Å². The Labute approximate surface area is 126 Å². The molecule has 0 fully saturated rings. The van der Waals surface area contributed by atoms with E-state index in [9.17, 15) is 4.79 Å². The van der Waals surface area contributed by atoms with E-state index < -0.39 is 0 Å². The van der Waals surface area contributed by atoms with Crippen molar-refractivity contribution in [2.45, 2.75) is 13.8 Å². The van der Waals surface area contributed by atoms with Gasteiger partial charge < -0.3 is 9.73 Å². The number of halogens is 1. The molecule has 5 nitrogen and oxygen atoms in total. The summed E-state index contributed by atoms with van der Waals surface area (Å²) >= 11 is 6.03. The lowest BCUT2D eigenvalue weighted by Gasteiger charge is -2.06. The zero-order chi connectivity index (χ0) is 15.0. The molecule has 1 amide bonds. The SMILES string of the molecule is Cc1oc2ncnc(NC(=O)c3ccccc3Cl)c2c1C. The molecule has 1 aromatic carbocycles. The van der Waals surface area contributed by atoms with E-state index in [0.717, 1.165) is 11.3 Å². The number of furan rings is 1. The third-order valence-electron chi connectivity index (χ3n) is 3.32. The predicted octanol–water partition coefficient (Wildman–Crippen LogP) is 3.75. The Morgan fingerprint density at radius 2 is 2.00 bits per heavy atom. The number of anilines is 1. The van der Waals surface area contributed by atoms with E-state index in [1.165, 1.54) is 6.33 Å². The Balaban J connectivity index is 2.03. The summed E-state index contributed by atoms with van der Waals surface area (Å²) in [6.07, 6.45) is 1.35. The van der Waals surface area contributed by atoms with Crippen LogP contribution in [0.4, 0.5) is 5.82 Å². The van der Waals surface area contributed by atoms with Crippen molar-refractivity contribution in [3.8, 4) is 0 Å². The van der Waals surface area contributed by atoms with Gasteiger partial charge in [-0.15, -0.1) is 0 Å². The highest BCUT2D eigenvalue weighted by Gasteiger charge is 2.17. The Bertz CT molecular complexity index is 842. The van der Waals surface area contributed by atoms with Crippen molar-refractivity contribution in [1.29, 1.82) is 0 Å². The second kappa shape index (κ2) is 5.18. The lowest BCUT2D eigenvalue weighted by atomic mass is 10.2. The van der Waals surface area contributed by atoms with Crippen molar-refractivity contribution in [3.63, 3.8) is 0 Å². The van der Waals surface area contributed by atoms with Crippen LogP contribution in [0, 0.1) is 13.8 Å². The fourth-order valence-electron chi connectivity index (χ4n) is 2.10. The van der Waals surface area contributed by atoms with E-state index in [2.05, 4.69) is 15.3 Å². The maximum absolute atomic E-state index is 12.3. The van der Waals surface area contributed by atoms with Crippen molar-refractivity contribution in [3.05, 3.63) is 52.5 Å². The summed E-state index contributed by atoms with van der Waals surface area (Å²) in [6.45, 7) is 3.74. The summed E-state index contributed by atoms with van der Waals surface area (Å²) in [5.74, 6) is 0.844. The van der Waals surface area contributed by atoms with E-state index in [1.807, 2.05) is 13.8 Å². The predicted molar refractivity (Wildman–Crippen MR) is 80.7 cm³/mol. The third-order valence-corrected chi connectivity index (χ3v) is 3.65. The van der Waals surface area contributed by atoms with Crippen LogP contribution in [0.2, 0.25) is 5.02 Å². The number of aromatic nitrogens is 2. The number of rotatable bonds is 2. The van der Waals surface area contributed by atoms with Crippen LogP contribution in [0.25, 0.3) is 11.1 Å². The fraction of sp³-hybridized carbons (Fsp3) is 0.133. The van der Waals surface area contributed by atoms with Crippen molar-refractivity contribution in [2.24, 2.45) is 0 Å². The topological polar surface area (TPSA) is 68.0 Å². The molecule has 2 aromatic heterocycles. The number of carbonyl (C=O) groups excluding carboxylic acids is 1. The highest BCUT2D eigenvalue weighted by Crippen LogP contribution is 2.28. The molecule has 0 saturated carbocycles. The van der Waals surface area contributed by atoms with E-state index in [4.69, 9.17) is 16.0 Å². The Morgan fingerprint density at radius 3 is 2.76 bits per heavy atom. The van der Waals surface area contributed by atoms with Gasteiger partial charge in [-0.3, -0.25) is 4.79 Å². The van der Waals surface area contributed by atoms with Crippen LogP contribution >= 0.6 is 11.6 Å². The van der Waals surface area contributed by atoms with Crippen molar-refractivity contribution in [1.82, 2.24) is 9.97 Å². The van der Waals surface area contributed by atoms with Crippen LogP contribution in [0.15, 0.2) is 35.0 Å². The van der Waals surface area contributed by atoms with Gasteiger partial charge in [0.25, 0.3) is 5.91 Å². The molecule has 0 unspecified atom stereocenters. The molecule has 0 atom stereocenters. The number of aryl methyl sites for hydroxylation is 2. The zero-order valence-corrected chi connectivity index (χ0v) is 12.2. The number of amides is 1. The number of fused-ring (bicyclic) bond motifs is 1. The van der Waals surface area contributed by atoms with E-state index in [0.29, 0.717) is 27.5 Å². The largest absolute Gasteiger partial charge is 0.443 e. The first-order valence-corrected chi connectivity index (χ1v) is 6.72. The van der Waals surface area contributed by atoms with Gasteiger partial charge in [-0.25, -0.2) is 9.97 Å². The number of carbonyl (C=O) groups is 1. The number of nitrogens with zero attached hydrogens (tertiary/aromatic N) is 2. The number of nitrogens with one attached hydrogen (secondary N) is 1. The van der Waals surface area contributed by atoms with E-state index >= 15 is 0 Å². The van der Waals surface area contributed by atoms with Crippen LogP contribution in [0.5, 0.6) is 0 Å². The van der Waals surface area contributed by atoms with Gasteiger partial charge >= 0.3 is 0 Å². The van der Waals surface area contributed by atoms with Crippen LogP contribution in [0.3, 0.4) is 0 Å². The summed E-state index contributed by atoms with van der Waals surface area (Å²) in [5.41, 5.74) is 1.75. The first-order valence-electron chi connectivity index (χ1n) is 6.34. The van der Waals surface area contributed by atoms with Gasteiger partial charge in [-0.2, -0.15) is 0 Å². The first-order chi connectivity index (χ1) is 10.1. The maximum atomic E-state index is 12.3. The summed E-state index contributed by atoms with van der Waals surface area (Å²) in [4.78, 5) is 20.5. The molecule has 2 heterocycles. The first kappa shape index (κ1) is 13.6. The molecule has 6 heteroatoms.